The Morgan fingerprint density at radius 2 is 1.74 bits per heavy atom. The zero-order valence-electron chi connectivity index (χ0n) is 17.2. The number of benzene rings is 2. The van der Waals surface area contributed by atoms with E-state index in [0.717, 1.165) is 49.8 Å². The van der Waals surface area contributed by atoms with Crippen LogP contribution in [0.3, 0.4) is 0 Å². The van der Waals surface area contributed by atoms with E-state index in [1.807, 2.05) is 12.1 Å². The number of carbonyl (C=O) groups is 2. The van der Waals surface area contributed by atoms with Crippen LogP contribution >= 0.6 is 0 Å². The fourth-order valence-electron chi connectivity index (χ4n) is 5.06. The lowest BCUT2D eigenvalue weighted by molar-refractivity contribution is -0.141. The van der Waals surface area contributed by atoms with Crippen LogP contribution < -0.4 is 4.74 Å². The monoisotopic (exact) mass is 419 g/mol. The molecule has 1 saturated carbocycles. The van der Waals surface area contributed by atoms with Gasteiger partial charge in [0, 0.05) is 11.6 Å². The number of amides is 1. The van der Waals surface area contributed by atoms with Gasteiger partial charge in [0.1, 0.15) is 17.3 Å². The van der Waals surface area contributed by atoms with E-state index in [2.05, 4.69) is 0 Å². The van der Waals surface area contributed by atoms with Crippen LogP contribution in [0.15, 0.2) is 48.0 Å². The van der Waals surface area contributed by atoms with Crippen LogP contribution in [-0.4, -0.2) is 39.5 Å². The first-order chi connectivity index (χ1) is 15.0. The molecule has 2 fully saturated rings. The van der Waals surface area contributed by atoms with Crippen LogP contribution in [0.2, 0.25) is 0 Å². The zero-order chi connectivity index (χ0) is 21.5. The molecule has 6 nitrogen and oxygen atoms in total. The Balaban J connectivity index is 1.64. The van der Waals surface area contributed by atoms with Crippen LogP contribution in [0.25, 0.3) is 5.76 Å². The van der Waals surface area contributed by atoms with Crippen LogP contribution in [0.4, 0.5) is 0 Å². The summed E-state index contributed by atoms with van der Waals surface area (Å²) in [6.07, 6.45) is 5.46. The van der Waals surface area contributed by atoms with Gasteiger partial charge in [-0.3, -0.25) is 9.59 Å². The number of aliphatic hydroxyl groups excluding tert-OH is 1. The summed E-state index contributed by atoms with van der Waals surface area (Å²) in [5.41, 5.74) is 2.31. The number of hydrogen-bond acceptors (Lipinski definition) is 5. The molecule has 0 aromatic heterocycles. The topological polar surface area (TPSA) is 87.1 Å². The maximum Gasteiger partial charge on any atom is 0.295 e. The second kappa shape index (κ2) is 7.76. The lowest BCUT2D eigenvalue weighted by Crippen LogP contribution is -2.37. The first-order valence-electron chi connectivity index (χ1n) is 10.9. The van der Waals surface area contributed by atoms with E-state index in [1.165, 1.54) is 0 Å². The van der Waals surface area contributed by atoms with Crippen LogP contribution in [0.1, 0.15) is 54.8 Å². The van der Waals surface area contributed by atoms with Crippen molar-refractivity contribution in [2.45, 2.75) is 50.6 Å². The summed E-state index contributed by atoms with van der Waals surface area (Å²) in [6.45, 7) is 0.672. The van der Waals surface area contributed by atoms with Crippen LogP contribution in [0, 0.1) is 0 Å². The summed E-state index contributed by atoms with van der Waals surface area (Å²) in [5.74, 6) is -0.477. The minimum atomic E-state index is -0.670. The Bertz CT molecular complexity index is 1070. The number of nitrogens with zero attached hydrogens (tertiary/aromatic N) is 1. The highest BCUT2D eigenvalue weighted by atomic mass is 16.5. The Morgan fingerprint density at radius 1 is 1.00 bits per heavy atom. The number of ketones is 1. The molecule has 2 N–H and O–H groups in total. The molecule has 6 heteroatoms. The van der Waals surface area contributed by atoms with Gasteiger partial charge in [0.2, 0.25) is 0 Å². The van der Waals surface area contributed by atoms with Gasteiger partial charge in [-0.1, -0.05) is 25.0 Å². The molecule has 5 rings (SSSR count). The number of ether oxygens (including phenoxy) is 1. The predicted molar refractivity (Wildman–Crippen MR) is 115 cm³/mol. The molecule has 1 amide bonds. The minimum Gasteiger partial charge on any atom is -0.508 e. The fraction of sp³-hybridized carbons (Fsp3) is 0.360. The molecule has 0 bridgehead atoms. The number of fused-ring (bicyclic) bond motifs is 1. The van der Waals surface area contributed by atoms with E-state index in [-0.39, 0.29) is 23.1 Å². The first-order valence-corrected chi connectivity index (χ1v) is 10.9. The van der Waals surface area contributed by atoms with Crippen molar-refractivity contribution in [1.29, 1.82) is 0 Å². The number of phenolic OH excluding ortho intramolecular Hbond substituents is 1. The minimum absolute atomic E-state index is 0.0301. The third-order valence-corrected chi connectivity index (χ3v) is 6.59. The second-order valence-electron chi connectivity index (χ2n) is 8.51. The number of aliphatic hydroxyl groups is 1. The Labute approximate surface area is 180 Å². The van der Waals surface area contributed by atoms with Gasteiger partial charge in [-0.25, -0.2) is 0 Å². The lowest BCUT2D eigenvalue weighted by Gasteiger charge is -2.30. The molecule has 1 atom stereocenters. The summed E-state index contributed by atoms with van der Waals surface area (Å²) in [4.78, 5) is 27.9. The molecule has 0 spiro atoms. The summed E-state index contributed by atoms with van der Waals surface area (Å²) in [7, 11) is 0. The lowest BCUT2D eigenvalue weighted by atomic mass is 9.93. The molecular formula is C25H25NO5. The van der Waals surface area contributed by atoms with Gasteiger partial charge in [-0.2, -0.15) is 0 Å². The SMILES string of the molecule is O=C1C(=O)N(C2CCCC2)C(c2ccc(O)cc2)/C1=C(/O)c1ccc2c(c1)CCCO2. The van der Waals surface area contributed by atoms with Crippen molar-refractivity contribution >= 4 is 17.4 Å². The van der Waals surface area contributed by atoms with Crippen molar-refractivity contribution in [3.63, 3.8) is 0 Å². The molecule has 160 valence electrons. The molecule has 2 aromatic carbocycles. The number of aromatic hydroxyl groups is 1. The van der Waals surface area contributed by atoms with Crippen LogP contribution in [-0.2, 0) is 16.0 Å². The maximum absolute atomic E-state index is 13.1. The summed E-state index contributed by atoms with van der Waals surface area (Å²) >= 11 is 0. The quantitative estimate of drug-likeness (QED) is 0.445. The number of carbonyl (C=O) groups excluding carboxylic acids is 2. The highest BCUT2D eigenvalue weighted by Gasteiger charge is 2.49. The van der Waals surface area contributed by atoms with Crippen molar-refractivity contribution in [3.8, 4) is 11.5 Å². The molecule has 0 radical (unpaired) electrons. The van der Waals surface area contributed by atoms with Gasteiger partial charge in [0.25, 0.3) is 11.7 Å². The molecule has 2 aromatic rings. The van der Waals surface area contributed by atoms with Crippen molar-refractivity contribution in [3.05, 3.63) is 64.7 Å². The van der Waals surface area contributed by atoms with Crippen LogP contribution in [0.5, 0.6) is 11.5 Å². The molecule has 31 heavy (non-hydrogen) atoms. The Kier molecular flexibility index (Phi) is 4.93. The van der Waals surface area contributed by atoms with Gasteiger partial charge in [0.05, 0.1) is 18.2 Å². The molecule has 3 aliphatic rings. The Morgan fingerprint density at radius 3 is 2.48 bits per heavy atom. The number of likely N-dealkylation sites (tertiary alicyclic amines) is 1. The average molecular weight is 419 g/mol. The highest BCUT2D eigenvalue weighted by Crippen LogP contribution is 2.44. The van der Waals surface area contributed by atoms with Gasteiger partial charge in [0.15, 0.2) is 0 Å². The van der Waals surface area contributed by atoms with Gasteiger partial charge < -0.3 is 19.8 Å². The van der Waals surface area contributed by atoms with Gasteiger partial charge in [-0.05, 0) is 67.1 Å². The van der Waals surface area contributed by atoms with Crippen molar-refractivity contribution in [2.24, 2.45) is 0 Å². The van der Waals surface area contributed by atoms with Crippen molar-refractivity contribution in [1.82, 2.24) is 4.90 Å². The van der Waals surface area contributed by atoms with E-state index in [9.17, 15) is 19.8 Å². The summed E-state index contributed by atoms with van der Waals surface area (Å²) in [5, 5.41) is 21.0. The number of Topliss-reactive ketones (excluding diaryl/α,β-unsaturated/α-hetero) is 1. The third-order valence-electron chi connectivity index (χ3n) is 6.59. The third kappa shape index (κ3) is 3.36. The number of hydrogen-bond donors (Lipinski definition) is 2. The number of phenols is 1. The predicted octanol–water partition coefficient (Wildman–Crippen LogP) is 4.08. The van der Waals surface area contributed by atoms with E-state index in [4.69, 9.17) is 4.74 Å². The Hall–Kier alpha value is -3.28. The van der Waals surface area contributed by atoms with E-state index in [1.54, 1.807) is 35.2 Å². The number of rotatable bonds is 3. The normalized spacial score (nSPS) is 23.1. The standard InChI is InChI=1S/C25H25NO5/c27-19-10-7-15(8-11-19)22-21(24(29)25(30)26(22)18-5-1-2-6-18)23(28)17-9-12-20-16(14-17)4-3-13-31-20/h7-12,14,18,22,27-28H,1-6,13H2/b23-21-. The van der Waals surface area contributed by atoms with E-state index in [0.29, 0.717) is 17.7 Å². The number of aryl methyl sites for hydroxylation is 1. The molecular weight excluding hydrogens is 394 g/mol. The first kappa shape index (κ1) is 19.7. The largest absolute Gasteiger partial charge is 0.508 e. The zero-order valence-corrected chi connectivity index (χ0v) is 17.2. The average Bonchev–Trinajstić information content (AvgIpc) is 3.40. The second-order valence-corrected chi connectivity index (χ2v) is 8.51. The summed E-state index contributed by atoms with van der Waals surface area (Å²) < 4.78 is 5.66. The highest BCUT2D eigenvalue weighted by molar-refractivity contribution is 6.46. The molecule has 1 unspecified atom stereocenters. The molecule has 2 aliphatic heterocycles. The smallest absolute Gasteiger partial charge is 0.295 e. The van der Waals surface area contributed by atoms with Crippen molar-refractivity contribution in [2.75, 3.05) is 6.61 Å². The van der Waals surface area contributed by atoms with Crippen molar-refractivity contribution < 1.29 is 24.5 Å². The van der Waals surface area contributed by atoms with Gasteiger partial charge >= 0.3 is 0 Å². The fourth-order valence-corrected chi connectivity index (χ4v) is 5.06. The van der Waals surface area contributed by atoms with E-state index < -0.39 is 17.7 Å². The molecule has 1 saturated heterocycles. The maximum atomic E-state index is 13.1. The van der Waals surface area contributed by atoms with Gasteiger partial charge in [-0.15, -0.1) is 0 Å². The summed E-state index contributed by atoms with van der Waals surface area (Å²) in [6, 6.07) is 11.2. The molecule has 2 heterocycles. The molecule has 1 aliphatic carbocycles. The van der Waals surface area contributed by atoms with E-state index >= 15 is 0 Å².